The topological polar surface area (TPSA) is 34.1 Å². The number of fused-ring (bicyclic) bond motifs is 5. The molecule has 0 saturated heterocycles. The number of carbonyl (C=O) groups excluding carboxylic acids is 2. The fraction of sp³-hybridized carbons (Fsp3) is 0.714. The van der Waals surface area contributed by atoms with Gasteiger partial charge in [-0.05, 0) is 85.7 Å². The lowest BCUT2D eigenvalue weighted by molar-refractivity contribution is -0.118. The van der Waals surface area contributed by atoms with E-state index in [9.17, 15) is 9.59 Å². The average Bonchev–Trinajstić information content (AvgIpc) is 2.85. The summed E-state index contributed by atoms with van der Waals surface area (Å²) in [6, 6.07) is 0. The number of Topliss-reactive ketones (excluding diaryl/α,β-unsaturated/α-hetero) is 1. The number of carbonyl (C=O) groups is 2. The molecule has 23 heavy (non-hydrogen) atoms. The van der Waals surface area contributed by atoms with Gasteiger partial charge in [-0.3, -0.25) is 9.59 Å². The summed E-state index contributed by atoms with van der Waals surface area (Å²) < 4.78 is 0. The van der Waals surface area contributed by atoms with Crippen molar-refractivity contribution in [3.8, 4) is 0 Å². The molecule has 0 N–H and O–H groups in total. The monoisotopic (exact) mass is 312 g/mol. The Balaban J connectivity index is 1.68. The van der Waals surface area contributed by atoms with Crippen molar-refractivity contribution < 1.29 is 9.59 Å². The smallest absolute Gasteiger partial charge is 0.156 e. The second kappa shape index (κ2) is 4.91. The van der Waals surface area contributed by atoms with Crippen molar-refractivity contribution in [3.05, 3.63) is 23.3 Å². The van der Waals surface area contributed by atoms with Gasteiger partial charge in [0.1, 0.15) is 0 Å². The minimum absolute atomic E-state index is 0.106. The first kappa shape index (κ1) is 15.4. The Labute approximate surface area is 139 Å². The molecule has 4 aliphatic rings. The van der Waals surface area contributed by atoms with Crippen molar-refractivity contribution in [2.75, 3.05) is 0 Å². The van der Waals surface area contributed by atoms with E-state index in [2.05, 4.69) is 19.9 Å². The van der Waals surface area contributed by atoms with Crippen LogP contribution in [0.25, 0.3) is 0 Å². The van der Waals surface area contributed by atoms with E-state index in [1.165, 1.54) is 18.4 Å². The molecule has 0 spiro atoms. The van der Waals surface area contributed by atoms with Crippen molar-refractivity contribution in [2.45, 2.75) is 65.7 Å². The molecule has 0 aromatic rings. The molecule has 4 rings (SSSR count). The van der Waals surface area contributed by atoms with Crippen molar-refractivity contribution in [3.63, 3.8) is 0 Å². The lowest BCUT2D eigenvalue weighted by Crippen LogP contribution is -2.50. The average molecular weight is 312 g/mol. The van der Waals surface area contributed by atoms with E-state index in [0.29, 0.717) is 17.6 Å². The third kappa shape index (κ3) is 1.99. The lowest BCUT2D eigenvalue weighted by atomic mass is 9.47. The third-order valence-electron chi connectivity index (χ3n) is 7.92. The predicted octanol–water partition coefficient (Wildman–Crippen LogP) is 4.64. The largest absolute Gasteiger partial charge is 0.295 e. The van der Waals surface area contributed by atoms with Crippen molar-refractivity contribution in [1.29, 1.82) is 0 Å². The first-order valence-electron chi connectivity index (χ1n) is 9.32. The summed E-state index contributed by atoms with van der Waals surface area (Å²) in [7, 11) is 0. The first-order valence-corrected chi connectivity index (χ1v) is 9.32. The van der Waals surface area contributed by atoms with Crippen LogP contribution in [0.5, 0.6) is 0 Å². The molecule has 2 saturated carbocycles. The summed E-state index contributed by atoms with van der Waals surface area (Å²) in [5, 5.41) is 0. The van der Waals surface area contributed by atoms with Crippen molar-refractivity contribution in [2.24, 2.45) is 28.6 Å². The molecule has 0 aliphatic heterocycles. The van der Waals surface area contributed by atoms with Gasteiger partial charge in [-0.15, -0.1) is 0 Å². The fourth-order valence-corrected chi connectivity index (χ4v) is 6.67. The molecule has 0 unspecified atom stereocenters. The van der Waals surface area contributed by atoms with Gasteiger partial charge in [0.15, 0.2) is 11.6 Å². The van der Waals surface area contributed by atoms with Gasteiger partial charge < -0.3 is 0 Å². The van der Waals surface area contributed by atoms with Crippen LogP contribution in [0.1, 0.15) is 65.7 Å². The van der Waals surface area contributed by atoms with Gasteiger partial charge in [0.05, 0.1) is 0 Å². The highest BCUT2D eigenvalue weighted by Crippen LogP contribution is 2.65. The normalized spacial score (nSPS) is 45.5. The lowest BCUT2D eigenvalue weighted by Gasteiger charge is -2.57. The Morgan fingerprint density at radius 1 is 1.09 bits per heavy atom. The minimum Gasteiger partial charge on any atom is -0.295 e. The highest BCUT2D eigenvalue weighted by Gasteiger charge is 2.57. The maximum Gasteiger partial charge on any atom is 0.156 e. The van der Waals surface area contributed by atoms with Gasteiger partial charge >= 0.3 is 0 Å². The number of allylic oxidation sites excluding steroid dienone is 4. The Morgan fingerprint density at radius 3 is 2.61 bits per heavy atom. The molecule has 0 aromatic carbocycles. The summed E-state index contributed by atoms with van der Waals surface area (Å²) in [6.07, 6.45) is 11.7. The first-order chi connectivity index (χ1) is 10.9. The Bertz CT molecular complexity index is 640. The second-order valence-electron chi connectivity index (χ2n) is 8.83. The molecule has 0 radical (unpaired) electrons. The quantitative estimate of drug-likeness (QED) is 0.706. The van der Waals surface area contributed by atoms with E-state index in [-0.39, 0.29) is 16.6 Å². The van der Waals surface area contributed by atoms with Crippen LogP contribution in [0.3, 0.4) is 0 Å². The van der Waals surface area contributed by atoms with Gasteiger partial charge in [0, 0.05) is 6.42 Å². The number of hydrogen-bond donors (Lipinski definition) is 0. The molecule has 0 aromatic heterocycles. The highest BCUT2D eigenvalue weighted by molar-refractivity contribution is 5.95. The summed E-state index contributed by atoms with van der Waals surface area (Å²) >= 11 is 0. The van der Waals surface area contributed by atoms with E-state index in [4.69, 9.17) is 0 Å². The van der Waals surface area contributed by atoms with Gasteiger partial charge in [0.25, 0.3) is 0 Å². The van der Waals surface area contributed by atoms with Crippen LogP contribution in [0.2, 0.25) is 0 Å². The zero-order valence-electron chi connectivity index (χ0n) is 14.7. The van der Waals surface area contributed by atoms with Gasteiger partial charge in [-0.2, -0.15) is 0 Å². The maximum absolute atomic E-state index is 12.1. The molecule has 2 heteroatoms. The number of rotatable bonds is 1. The molecule has 2 nitrogen and oxygen atoms in total. The maximum atomic E-state index is 12.1. The number of ketones is 2. The molecule has 2 fully saturated rings. The molecule has 124 valence electrons. The van der Waals surface area contributed by atoms with Gasteiger partial charge in [0.2, 0.25) is 0 Å². The number of hydrogen-bond acceptors (Lipinski definition) is 2. The van der Waals surface area contributed by atoms with Crippen LogP contribution in [-0.2, 0) is 9.59 Å². The molecule has 4 aliphatic carbocycles. The molecular weight excluding hydrogens is 284 g/mol. The zero-order valence-corrected chi connectivity index (χ0v) is 14.7. The van der Waals surface area contributed by atoms with Crippen LogP contribution >= 0.6 is 0 Å². The van der Waals surface area contributed by atoms with Crippen molar-refractivity contribution >= 4 is 11.6 Å². The molecule has 0 bridgehead atoms. The Morgan fingerprint density at radius 2 is 1.87 bits per heavy atom. The van der Waals surface area contributed by atoms with E-state index < -0.39 is 0 Å². The Kier molecular flexibility index (Phi) is 3.28. The molecule has 0 amide bonds. The van der Waals surface area contributed by atoms with Crippen LogP contribution in [-0.4, -0.2) is 11.6 Å². The summed E-state index contributed by atoms with van der Waals surface area (Å²) in [5.74, 6) is 2.67. The predicted molar refractivity (Wildman–Crippen MR) is 90.9 cm³/mol. The standard InChI is InChI=1S/C21H28O2/c1-13(22)17-6-7-18-16-5-4-14-12-15(23)8-10-20(14,2)19(16)9-11-21(17,18)3/h6,12,16,18-19H,4-5,7-11H2,1-3H3/t16-,18-,19-,20+,21+/m1/s1. The zero-order chi connectivity index (χ0) is 16.4. The summed E-state index contributed by atoms with van der Waals surface area (Å²) in [4.78, 5) is 23.9. The van der Waals surface area contributed by atoms with E-state index in [1.807, 2.05) is 6.08 Å². The van der Waals surface area contributed by atoms with Crippen LogP contribution in [0.15, 0.2) is 23.3 Å². The van der Waals surface area contributed by atoms with E-state index in [1.54, 1.807) is 6.92 Å². The summed E-state index contributed by atoms with van der Waals surface area (Å²) in [6.45, 7) is 6.49. The van der Waals surface area contributed by atoms with Crippen LogP contribution < -0.4 is 0 Å². The van der Waals surface area contributed by atoms with Gasteiger partial charge in [-0.1, -0.05) is 25.5 Å². The molecule has 0 heterocycles. The molecule has 5 atom stereocenters. The fourth-order valence-electron chi connectivity index (χ4n) is 6.67. The van der Waals surface area contributed by atoms with Crippen LogP contribution in [0, 0.1) is 28.6 Å². The van der Waals surface area contributed by atoms with E-state index in [0.717, 1.165) is 43.6 Å². The third-order valence-corrected chi connectivity index (χ3v) is 7.92. The molecular formula is C21H28O2. The van der Waals surface area contributed by atoms with E-state index >= 15 is 0 Å². The SMILES string of the molecule is CC(=O)C1=CC[C@@H]2[C@H]3CCC4=CC(=O)CC[C@]4(C)[C@@H]3CC[C@@]12C. The van der Waals surface area contributed by atoms with Crippen molar-refractivity contribution in [1.82, 2.24) is 0 Å². The minimum atomic E-state index is 0.106. The highest BCUT2D eigenvalue weighted by atomic mass is 16.1. The second-order valence-corrected chi connectivity index (χ2v) is 8.83. The van der Waals surface area contributed by atoms with Crippen LogP contribution in [0.4, 0.5) is 0 Å². The summed E-state index contributed by atoms with van der Waals surface area (Å²) in [5.41, 5.74) is 2.87. The Hall–Kier alpha value is -1.18. The van der Waals surface area contributed by atoms with Gasteiger partial charge in [-0.25, -0.2) is 0 Å².